The first-order valence-corrected chi connectivity index (χ1v) is 8.10. The molecule has 1 aliphatic rings. The molecule has 0 fully saturated rings. The molecule has 1 atom stereocenters. The highest BCUT2D eigenvalue weighted by Crippen LogP contribution is 2.34. The van der Waals surface area contributed by atoms with E-state index in [2.05, 4.69) is 11.1 Å². The first kappa shape index (κ1) is 12.9. The van der Waals surface area contributed by atoms with E-state index in [4.69, 9.17) is 10.5 Å². The summed E-state index contributed by atoms with van der Waals surface area (Å²) >= 11 is 1.63. The minimum Gasteiger partial charge on any atom is -0.487 e. The van der Waals surface area contributed by atoms with Crippen molar-refractivity contribution >= 4 is 16.3 Å². The Bertz CT molecular complexity index is 748. The average molecular weight is 299 g/mol. The second-order valence-corrected chi connectivity index (χ2v) is 6.31. The Morgan fingerprint density at radius 2 is 2.38 bits per heavy atom. The van der Waals surface area contributed by atoms with E-state index in [1.165, 1.54) is 11.1 Å². The van der Waals surface area contributed by atoms with Crippen LogP contribution in [0.2, 0.25) is 0 Å². The molecule has 2 aromatic heterocycles. The summed E-state index contributed by atoms with van der Waals surface area (Å²) < 4.78 is 8.04. The fraction of sp³-hybridized carbons (Fsp3) is 0.312. The number of hydrogen-bond acceptors (Lipinski definition) is 4. The third-order valence-electron chi connectivity index (χ3n) is 4.03. The maximum absolute atomic E-state index is 6.19. The summed E-state index contributed by atoms with van der Waals surface area (Å²) in [5.41, 5.74) is 9.66. The van der Waals surface area contributed by atoms with E-state index >= 15 is 0 Å². The smallest absolute Gasteiger partial charge is 0.193 e. The topological polar surface area (TPSA) is 52.5 Å². The fourth-order valence-electron chi connectivity index (χ4n) is 2.98. The molecule has 0 amide bonds. The average Bonchev–Trinajstić information content (AvgIpc) is 3.07. The molecule has 108 valence electrons. The summed E-state index contributed by atoms with van der Waals surface area (Å²) in [6.07, 6.45) is 7.28. The lowest BCUT2D eigenvalue weighted by molar-refractivity contribution is 0.296. The van der Waals surface area contributed by atoms with Crippen LogP contribution in [0.15, 0.2) is 36.0 Å². The zero-order valence-electron chi connectivity index (χ0n) is 11.7. The number of nitrogens with zero attached hydrogens (tertiary/aromatic N) is 2. The van der Waals surface area contributed by atoms with Crippen molar-refractivity contribution in [2.45, 2.75) is 31.9 Å². The van der Waals surface area contributed by atoms with Gasteiger partial charge >= 0.3 is 0 Å². The molecule has 0 saturated heterocycles. The number of thiazole rings is 1. The van der Waals surface area contributed by atoms with Gasteiger partial charge in [0, 0.05) is 23.8 Å². The van der Waals surface area contributed by atoms with Gasteiger partial charge < -0.3 is 10.5 Å². The third-order valence-corrected chi connectivity index (χ3v) is 4.80. The van der Waals surface area contributed by atoms with Crippen molar-refractivity contribution < 1.29 is 4.74 Å². The number of imidazole rings is 1. The van der Waals surface area contributed by atoms with Gasteiger partial charge in [-0.3, -0.25) is 4.40 Å². The zero-order chi connectivity index (χ0) is 14.2. The number of ether oxygens (including phenoxy) is 1. The van der Waals surface area contributed by atoms with E-state index in [0.29, 0.717) is 6.61 Å². The van der Waals surface area contributed by atoms with Gasteiger partial charge in [-0.1, -0.05) is 12.1 Å². The summed E-state index contributed by atoms with van der Waals surface area (Å²) in [6, 6.07) is 6.34. The SMILES string of the molecule is NC1CCCc2c(OCc3cn4ccsc4n3)cccc21. The summed E-state index contributed by atoms with van der Waals surface area (Å²) in [6.45, 7) is 0.500. The number of hydrogen-bond donors (Lipinski definition) is 1. The first-order chi connectivity index (χ1) is 10.3. The van der Waals surface area contributed by atoms with Crippen LogP contribution in [-0.4, -0.2) is 9.38 Å². The molecule has 1 unspecified atom stereocenters. The minimum atomic E-state index is 0.148. The highest BCUT2D eigenvalue weighted by Gasteiger charge is 2.20. The molecule has 5 heteroatoms. The minimum absolute atomic E-state index is 0.148. The molecule has 0 radical (unpaired) electrons. The Kier molecular flexibility index (Phi) is 3.16. The van der Waals surface area contributed by atoms with Crippen LogP contribution in [0.25, 0.3) is 4.96 Å². The highest BCUT2D eigenvalue weighted by molar-refractivity contribution is 7.15. The van der Waals surface area contributed by atoms with E-state index in [9.17, 15) is 0 Å². The quantitative estimate of drug-likeness (QED) is 0.807. The number of fused-ring (bicyclic) bond motifs is 2. The van der Waals surface area contributed by atoms with Crippen LogP contribution in [0.4, 0.5) is 0 Å². The van der Waals surface area contributed by atoms with Crippen LogP contribution >= 0.6 is 11.3 Å². The fourth-order valence-corrected chi connectivity index (χ4v) is 3.70. The van der Waals surface area contributed by atoms with Crippen molar-refractivity contribution in [2.75, 3.05) is 0 Å². The molecule has 3 aromatic rings. The Hall–Kier alpha value is -1.85. The highest BCUT2D eigenvalue weighted by atomic mass is 32.1. The van der Waals surface area contributed by atoms with E-state index in [-0.39, 0.29) is 6.04 Å². The van der Waals surface area contributed by atoms with Crippen molar-refractivity contribution in [1.29, 1.82) is 0 Å². The molecule has 2 N–H and O–H groups in total. The summed E-state index contributed by atoms with van der Waals surface area (Å²) in [4.78, 5) is 5.55. The second-order valence-electron chi connectivity index (χ2n) is 5.44. The van der Waals surface area contributed by atoms with Crippen LogP contribution in [0.3, 0.4) is 0 Å². The predicted octanol–water partition coefficient (Wildman–Crippen LogP) is 3.31. The Morgan fingerprint density at radius 1 is 1.43 bits per heavy atom. The van der Waals surface area contributed by atoms with Crippen LogP contribution < -0.4 is 10.5 Å². The van der Waals surface area contributed by atoms with Gasteiger partial charge in [-0.15, -0.1) is 11.3 Å². The van der Waals surface area contributed by atoms with E-state index in [0.717, 1.165) is 35.7 Å². The maximum Gasteiger partial charge on any atom is 0.193 e. The molecule has 1 aromatic carbocycles. The number of aromatic nitrogens is 2. The molecule has 0 saturated carbocycles. The van der Waals surface area contributed by atoms with Gasteiger partial charge in [0.2, 0.25) is 0 Å². The summed E-state index contributed by atoms with van der Waals surface area (Å²) in [7, 11) is 0. The molecule has 4 nitrogen and oxygen atoms in total. The molecule has 0 bridgehead atoms. The molecule has 1 aliphatic carbocycles. The standard InChI is InChI=1S/C16H17N3OS/c17-14-5-1-4-13-12(14)3-2-6-15(13)20-10-11-9-19-7-8-21-16(19)18-11/h2-3,6-9,14H,1,4-5,10,17H2. The Morgan fingerprint density at radius 3 is 3.29 bits per heavy atom. The van der Waals surface area contributed by atoms with Crippen LogP contribution in [0.5, 0.6) is 5.75 Å². The monoisotopic (exact) mass is 299 g/mol. The van der Waals surface area contributed by atoms with Crippen LogP contribution in [-0.2, 0) is 13.0 Å². The van der Waals surface area contributed by atoms with E-state index in [1.807, 2.05) is 34.3 Å². The number of benzene rings is 1. The van der Waals surface area contributed by atoms with Gasteiger partial charge in [0.1, 0.15) is 12.4 Å². The summed E-state index contributed by atoms with van der Waals surface area (Å²) in [5.74, 6) is 0.957. The Balaban J connectivity index is 1.57. The molecule has 21 heavy (non-hydrogen) atoms. The van der Waals surface area contributed by atoms with Gasteiger partial charge in [-0.2, -0.15) is 0 Å². The largest absolute Gasteiger partial charge is 0.487 e. The zero-order valence-corrected chi connectivity index (χ0v) is 12.5. The lowest BCUT2D eigenvalue weighted by atomic mass is 9.87. The molecule has 4 rings (SSSR count). The molecular formula is C16H17N3OS. The molecule has 2 heterocycles. The van der Waals surface area contributed by atoms with E-state index in [1.54, 1.807) is 11.3 Å². The second kappa shape index (κ2) is 5.16. The number of rotatable bonds is 3. The maximum atomic E-state index is 6.19. The summed E-state index contributed by atoms with van der Waals surface area (Å²) in [5, 5.41) is 2.03. The predicted molar refractivity (Wildman–Crippen MR) is 83.7 cm³/mol. The normalized spacial score (nSPS) is 17.9. The van der Waals surface area contributed by atoms with E-state index < -0.39 is 0 Å². The van der Waals surface area contributed by atoms with Gasteiger partial charge in [-0.25, -0.2) is 4.98 Å². The van der Waals surface area contributed by atoms with Gasteiger partial charge in [-0.05, 0) is 36.5 Å². The van der Waals surface area contributed by atoms with Crippen molar-refractivity contribution in [1.82, 2.24) is 9.38 Å². The van der Waals surface area contributed by atoms with Crippen molar-refractivity contribution in [2.24, 2.45) is 5.73 Å². The lowest BCUT2D eigenvalue weighted by Gasteiger charge is -2.24. The van der Waals surface area contributed by atoms with Gasteiger partial charge in [0.15, 0.2) is 4.96 Å². The lowest BCUT2D eigenvalue weighted by Crippen LogP contribution is -2.18. The first-order valence-electron chi connectivity index (χ1n) is 7.22. The molecular weight excluding hydrogens is 282 g/mol. The van der Waals surface area contributed by atoms with Crippen molar-refractivity contribution in [3.05, 3.63) is 52.8 Å². The molecule has 0 spiro atoms. The number of nitrogens with two attached hydrogens (primary N) is 1. The Labute approximate surface area is 127 Å². The van der Waals surface area contributed by atoms with Crippen molar-refractivity contribution in [3.8, 4) is 5.75 Å². The van der Waals surface area contributed by atoms with Gasteiger partial charge in [0.25, 0.3) is 0 Å². The van der Waals surface area contributed by atoms with Crippen molar-refractivity contribution in [3.63, 3.8) is 0 Å². The van der Waals surface area contributed by atoms with Gasteiger partial charge in [0.05, 0.1) is 5.69 Å². The van der Waals surface area contributed by atoms with Crippen LogP contribution in [0, 0.1) is 0 Å². The van der Waals surface area contributed by atoms with Crippen LogP contribution in [0.1, 0.15) is 35.7 Å². The third kappa shape index (κ3) is 2.32. The molecule has 0 aliphatic heterocycles.